The van der Waals surface area contributed by atoms with Crippen LogP contribution in [0, 0.1) is 12.8 Å². The number of nitrogens with one attached hydrogen (secondary N) is 1. The third-order valence-corrected chi connectivity index (χ3v) is 8.75. The lowest BCUT2D eigenvalue weighted by molar-refractivity contribution is -0.161. The van der Waals surface area contributed by atoms with E-state index in [2.05, 4.69) is 28.4 Å². The number of aryl methyl sites for hydroxylation is 3. The summed E-state index contributed by atoms with van der Waals surface area (Å²) >= 11 is 0. The molecule has 0 radical (unpaired) electrons. The maximum Gasteiger partial charge on any atom is 0.328 e. The molecule has 4 heterocycles. The van der Waals surface area contributed by atoms with E-state index in [1.54, 1.807) is 0 Å². The van der Waals surface area contributed by atoms with E-state index in [0.717, 1.165) is 86.2 Å². The second-order valence-electron chi connectivity index (χ2n) is 13.2. The molecular weight excluding hydrogens is 503 g/mol. The van der Waals surface area contributed by atoms with Crippen molar-refractivity contribution in [2.24, 2.45) is 5.92 Å². The number of carbonyl (C=O) groups is 1. The zero-order valence-electron chi connectivity index (χ0n) is 24.8. The number of aromatic nitrogens is 2. The number of rotatable bonds is 10. The van der Waals surface area contributed by atoms with Crippen LogP contribution >= 0.6 is 0 Å². The first-order valence-electron chi connectivity index (χ1n) is 15.5. The maximum absolute atomic E-state index is 15.5. The molecule has 2 aromatic heterocycles. The summed E-state index contributed by atoms with van der Waals surface area (Å²) in [7, 11) is 0. The minimum absolute atomic E-state index is 0.0686. The Morgan fingerprint density at radius 1 is 1.20 bits per heavy atom. The van der Waals surface area contributed by atoms with Crippen LogP contribution in [-0.2, 0) is 22.4 Å². The van der Waals surface area contributed by atoms with Crippen LogP contribution in [0.4, 0.5) is 10.2 Å². The largest absolute Gasteiger partial charge is 0.459 e. The van der Waals surface area contributed by atoms with Crippen molar-refractivity contribution in [3.8, 4) is 0 Å². The van der Waals surface area contributed by atoms with Crippen molar-refractivity contribution in [3.63, 3.8) is 0 Å². The van der Waals surface area contributed by atoms with E-state index in [4.69, 9.17) is 14.7 Å². The number of nitrogens with zero attached hydrogens (tertiary/aromatic N) is 3. The fourth-order valence-electron chi connectivity index (χ4n) is 6.41. The van der Waals surface area contributed by atoms with E-state index in [9.17, 15) is 4.79 Å². The lowest BCUT2D eigenvalue weighted by atomic mass is 9.79. The van der Waals surface area contributed by atoms with Gasteiger partial charge in [0.05, 0.1) is 0 Å². The molecule has 1 saturated carbocycles. The van der Waals surface area contributed by atoms with Gasteiger partial charge in [-0.25, -0.2) is 14.2 Å². The van der Waals surface area contributed by atoms with Gasteiger partial charge >= 0.3 is 5.97 Å². The zero-order chi connectivity index (χ0) is 28.3. The Kier molecular flexibility index (Phi) is 9.08. The first-order chi connectivity index (χ1) is 19.2. The summed E-state index contributed by atoms with van der Waals surface area (Å²) in [6.07, 6.45) is 10.7. The van der Waals surface area contributed by atoms with Gasteiger partial charge in [-0.05, 0) is 103 Å². The number of hydrogen-bond donors (Lipinski definition) is 1. The summed E-state index contributed by atoms with van der Waals surface area (Å²) in [4.78, 5) is 25.4. The lowest BCUT2D eigenvalue weighted by Crippen LogP contribution is -2.38. The van der Waals surface area contributed by atoms with E-state index < -0.39 is 17.8 Å². The van der Waals surface area contributed by atoms with Crippen LogP contribution in [-0.4, -0.2) is 52.2 Å². The van der Waals surface area contributed by atoms with Crippen molar-refractivity contribution in [2.75, 3.05) is 25.0 Å². The van der Waals surface area contributed by atoms with Gasteiger partial charge in [0.1, 0.15) is 23.6 Å². The van der Waals surface area contributed by atoms with E-state index in [1.807, 2.05) is 33.9 Å². The Morgan fingerprint density at radius 3 is 2.77 bits per heavy atom. The minimum Gasteiger partial charge on any atom is -0.459 e. The molecule has 1 saturated heterocycles. The molecular formula is C33H47FN4O2. The first kappa shape index (κ1) is 29.0. The van der Waals surface area contributed by atoms with Crippen LogP contribution in [0.3, 0.4) is 0 Å². The fraction of sp³-hybridized carbons (Fsp3) is 0.667. The third-order valence-electron chi connectivity index (χ3n) is 8.75. The molecule has 1 aliphatic carbocycles. The number of hydrogen-bond acceptors (Lipinski definition) is 6. The lowest BCUT2D eigenvalue weighted by Gasteiger charge is -2.34. The predicted molar refractivity (Wildman–Crippen MR) is 157 cm³/mol. The monoisotopic (exact) mass is 550 g/mol. The average Bonchev–Trinajstić information content (AvgIpc) is 3.36. The molecule has 0 bridgehead atoms. The summed E-state index contributed by atoms with van der Waals surface area (Å²) in [5.41, 5.74) is 4.82. The second kappa shape index (κ2) is 12.5. The smallest absolute Gasteiger partial charge is 0.328 e. The Balaban J connectivity index is 1.21. The van der Waals surface area contributed by atoms with Gasteiger partial charge in [-0.15, -0.1) is 0 Å². The molecule has 2 aliphatic heterocycles. The topological polar surface area (TPSA) is 67.3 Å². The Bertz CT molecular complexity index is 1180. The molecule has 218 valence electrons. The van der Waals surface area contributed by atoms with Crippen LogP contribution in [0.1, 0.15) is 112 Å². The summed E-state index contributed by atoms with van der Waals surface area (Å²) in [5, 5.41) is 3.40. The van der Waals surface area contributed by atoms with Gasteiger partial charge in [0, 0.05) is 48.1 Å². The highest BCUT2D eigenvalue weighted by Crippen LogP contribution is 2.42. The van der Waals surface area contributed by atoms with E-state index >= 15 is 4.39 Å². The van der Waals surface area contributed by atoms with Crippen LogP contribution in [0.25, 0.3) is 0 Å². The third kappa shape index (κ3) is 7.02. The number of alkyl halides is 1. The second-order valence-corrected chi connectivity index (χ2v) is 13.2. The number of esters is 1. The summed E-state index contributed by atoms with van der Waals surface area (Å²) < 4.78 is 21.5. The zero-order valence-corrected chi connectivity index (χ0v) is 24.8. The normalized spacial score (nSPS) is 21.3. The van der Waals surface area contributed by atoms with Gasteiger partial charge in [0.2, 0.25) is 0 Å². The molecule has 2 aromatic rings. The minimum atomic E-state index is -0.871. The number of halogens is 1. The SMILES string of the molecule is Cc1cnc(C2CCC2)c(C(C(=O)OC(C)(C)C)N2CC[C@@H](C(F)CCCCc3ccc4c(n3)NCCC4)C2)c1. The summed E-state index contributed by atoms with van der Waals surface area (Å²) in [6, 6.07) is 5.89. The van der Waals surface area contributed by atoms with Gasteiger partial charge < -0.3 is 10.1 Å². The van der Waals surface area contributed by atoms with E-state index in [-0.39, 0.29) is 11.9 Å². The number of ether oxygens (including phenoxy) is 1. The van der Waals surface area contributed by atoms with Gasteiger partial charge in [-0.3, -0.25) is 9.88 Å². The summed E-state index contributed by atoms with van der Waals surface area (Å²) in [5.74, 6) is 1.11. The first-order valence-corrected chi connectivity index (χ1v) is 15.5. The quantitative estimate of drug-likeness (QED) is 0.257. The van der Waals surface area contributed by atoms with E-state index in [0.29, 0.717) is 25.4 Å². The molecule has 7 heteroatoms. The highest BCUT2D eigenvalue weighted by molar-refractivity contribution is 5.78. The molecule has 2 unspecified atom stereocenters. The van der Waals surface area contributed by atoms with Crippen LogP contribution in [0.15, 0.2) is 24.4 Å². The van der Waals surface area contributed by atoms with Crippen molar-refractivity contribution in [3.05, 3.63) is 52.5 Å². The van der Waals surface area contributed by atoms with Gasteiger partial charge in [0.25, 0.3) is 0 Å². The molecule has 6 nitrogen and oxygen atoms in total. The van der Waals surface area contributed by atoms with Crippen molar-refractivity contribution < 1.29 is 13.9 Å². The molecule has 2 fully saturated rings. The number of anilines is 1. The van der Waals surface area contributed by atoms with Crippen molar-refractivity contribution >= 4 is 11.8 Å². The van der Waals surface area contributed by atoms with Gasteiger partial charge in [0.15, 0.2) is 0 Å². The number of likely N-dealkylation sites (tertiary alicyclic amines) is 1. The highest BCUT2D eigenvalue weighted by atomic mass is 19.1. The van der Waals surface area contributed by atoms with Crippen LogP contribution in [0.2, 0.25) is 0 Å². The number of fused-ring (bicyclic) bond motifs is 1. The van der Waals surface area contributed by atoms with Crippen molar-refractivity contribution in [2.45, 2.75) is 116 Å². The molecule has 0 spiro atoms. The van der Waals surface area contributed by atoms with E-state index in [1.165, 1.54) is 12.0 Å². The Morgan fingerprint density at radius 2 is 2.02 bits per heavy atom. The fourth-order valence-corrected chi connectivity index (χ4v) is 6.41. The number of pyridine rings is 2. The number of unbranched alkanes of at least 4 members (excludes halogenated alkanes) is 1. The number of carbonyl (C=O) groups excluding carboxylic acids is 1. The van der Waals surface area contributed by atoms with Crippen molar-refractivity contribution in [1.29, 1.82) is 0 Å². The Labute approximate surface area is 239 Å². The maximum atomic E-state index is 15.5. The average molecular weight is 551 g/mol. The molecule has 5 rings (SSSR count). The molecule has 40 heavy (non-hydrogen) atoms. The van der Waals surface area contributed by atoms with Crippen LogP contribution in [0.5, 0.6) is 0 Å². The molecule has 3 atom stereocenters. The van der Waals surface area contributed by atoms with Gasteiger partial charge in [-0.2, -0.15) is 0 Å². The highest BCUT2D eigenvalue weighted by Gasteiger charge is 2.41. The Hall–Kier alpha value is -2.54. The molecule has 1 N–H and O–H groups in total. The molecule has 0 amide bonds. The predicted octanol–water partition coefficient (Wildman–Crippen LogP) is 6.87. The molecule has 3 aliphatic rings. The molecule has 0 aromatic carbocycles. The summed E-state index contributed by atoms with van der Waals surface area (Å²) in [6.45, 7) is 9.99. The van der Waals surface area contributed by atoms with Gasteiger partial charge in [-0.1, -0.05) is 25.0 Å². The van der Waals surface area contributed by atoms with Crippen molar-refractivity contribution in [1.82, 2.24) is 14.9 Å². The standard InChI is InChI=1S/C33H47FN4O2/c1-22-19-27(29(36-20-22)23-9-7-10-23)30(32(39)40-33(2,3)4)38-18-16-25(21-38)28(34)13-6-5-12-26-15-14-24-11-8-17-35-31(24)37-26/h14-15,19-20,23,25,28,30H,5-13,16-18,21H2,1-4H3,(H,35,37)/t25-,28?,30?/m1/s1. The van der Waals surface area contributed by atoms with Crippen LogP contribution < -0.4 is 5.32 Å².